The monoisotopic (exact) mass is 490 g/mol. The summed E-state index contributed by atoms with van der Waals surface area (Å²) in [4.78, 5) is 36.8. The largest absolute Gasteiger partial charge is 0.457 e. The van der Waals surface area contributed by atoms with Crippen molar-refractivity contribution >= 4 is 17.5 Å². The van der Waals surface area contributed by atoms with Gasteiger partial charge in [-0.3, -0.25) is 9.59 Å². The van der Waals surface area contributed by atoms with Crippen LogP contribution < -0.4 is 0 Å². The van der Waals surface area contributed by atoms with Gasteiger partial charge in [0.25, 0.3) is 0 Å². The van der Waals surface area contributed by atoms with Crippen LogP contribution in [0.2, 0.25) is 0 Å². The Morgan fingerprint density at radius 2 is 1.66 bits per heavy atom. The number of Topliss-reactive ketones (excluding diaryl/α,β-unsaturated/α-hetero) is 2. The molecule has 0 bridgehead atoms. The molecule has 35 heavy (non-hydrogen) atoms. The van der Waals surface area contributed by atoms with Crippen LogP contribution in [0.1, 0.15) is 110 Å². The Kier molecular flexibility index (Phi) is 9.53. The van der Waals surface area contributed by atoms with E-state index in [-0.39, 0.29) is 49.0 Å². The minimum absolute atomic E-state index is 0.0321. The molecule has 0 amide bonds. The van der Waals surface area contributed by atoms with Crippen LogP contribution in [-0.2, 0) is 33.3 Å². The average molecular weight is 491 g/mol. The Morgan fingerprint density at radius 3 is 2.40 bits per heavy atom. The van der Waals surface area contributed by atoms with E-state index in [2.05, 4.69) is 19.1 Å². The number of hydrogen-bond donors (Lipinski definition) is 0. The number of carbonyl (C=O) groups is 3. The van der Waals surface area contributed by atoms with E-state index in [1.54, 1.807) is 0 Å². The number of carbonyl (C=O) groups excluding carboxylic acids is 3. The summed E-state index contributed by atoms with van der Waals surface area (Å²) in [7, 11) is 0. The van der Waals surface area contributed by atoms with Crippen molar-refractivity contribution < 1.29 is 33.3 Å². The summed E-state index contributed by atoms with van der Waals surface area (Å²) in [5.41, 5.74) is 0. The highest BCUT2D eigenvalue weighted by atomic mass is 16.8. The predicted octanol–water partition coefficient (Wildman–Crippen LogP) is 5.13. The summed E-state index contributed by atoms with van der Waals surface area (Å²) in [6.07, 6.45) is 17.1. The van der Waals surface area contributed by atoms with Crippen molar-refractivity contribution in [3.63, 3.8) is 0 Å². The third-order valence-corrected chi connectivity index (χ3v) is 7.57. The van der Waals surface area contributed by atoms with Gasteiger partial charge in [0.1, 0.15) is 29.9 Å². The van der Waals surface area contributed by atoms with Crippen molar-refractivity contribution in [3.05, 3.63) is 12.2 Å². The maximum atomic E-state index is 12.5. The third-order valence-electron chi connectivity index (χ3n) is 7.57. The lowest BCUT2D eigenvalue weighted by Crippen LogP contribution is -2.45. The fraction of sp³-hybridized carbons (Fsp3) is 0.821. The number of fused-ring (bicyclic) bond motifs is 3. The molecular weight excluding hydrogens is 448 g/mol. The standard InChI is InChI=1S/C28H42O7/c1-2-3-4-5-6-7-8-9-10-11-12-13-14-15-20(29)16-22-17-21(30)18-28(34-22)19-23-24(35-28)25-26(33-25)27(31)32-23/h3-4,22-26H,2,5-19H2,1H3. The SMILES string of the molecule is CCC=CCCCCCCCCCCCC(=O)CC1CC(=O)CC2(CC3OC(=O)C4OC4C3O2)O1. The summed E-state index contributed by atoms with van der Waals surface area (Å²) < 4.78 is 23.1. The minimum atomic E-state index is -1.09. The van der Waals surface area contributed by atoms with Gasteiger partial charge in [0.05, 0.1) is 12.5 Å². The molecule has 0 saturated carbocycles. The van der Waals surface area contributed by atoms with Crippen LogP contribution >= 0.6 is 0 Å². The van der Waals surface area contributed by atoms with E-state index in [1.807, 2.05) is 0 Å². The first-order valence-corrected chi connectivity index (χ1v) is 13.9. The fourth-order valence-electron chi connectivity index (χ4n) is 5.74. The van der Waals surface area contributed by atoms with E-state index in [4.69, 9.17) is 18.9 Å². The van der Waals surface area contributed by atoms with Crippen molar-refractivity contribution in [2.45, 2.75) is 146 Å². The molecule has 0 aromatic carbocycles. The van der Waals surface area contributed by atoms with Gasteiger partial charge in [0.2, 0.25) is 0 Å². The zero-order valence-corrected chi connectivity index (χ0v) is 21.2. The van der Waals surface area contributed by atoms with E-state index >= 15 is 0 Å². The number of hydrogen-bond acceptors (Lipinski definition) is 7. The Morgan fingerprint density at radius 1 is 0.943 bits per heavy atom. The van der Waals surface area contributed by atoms with E-state index in [9.17, 15) is 14.4 Å². The number of unbranched alkanes of at least 4 members (excludes halogenated alkanes) is 9. The van der Waals surface area contributed by atoms with Gasteiger partial charge in [0.15, 0.2) is 11.9 Å². The molecule has 6 atom stereocenters. The van der Waals surface area contributed by atoms with Crippen LogP contribution in [0.3, 0.4) is 0 Å². The van der Waals surface area contributed by atoms with Gasteiger partial charge >= 0.3 is 5.97 Å². The highest BCUT2D eigenvalue weighted by molar-refractivity contribution is 5.83. The fourth-order valence-corrected chi connectivity index (χ4v) is 5.74. The van der Waals surface area contributed by atoms with Gasteiger partial charge in [0, 0.05) is 25.7 Å². The normalized spacial score (nSPS) is 33.7. The minimum Gasteiger partial charge on any atom is -0.457 e. The zero-order valence-electron chi connectivity index (χ0n) is 21.2. The third kappa shape index (κ3) is 7.46. The number of ether oxygens (including phenoxy) is 4. The van der Waals surface area contributed by atoms with Crippen LogP contribution in [0.4, 0.5) is 0 Å². The quantitative estimate of drug-likeness (QED) is 0.136. The Balaban J connectivity index is 1.06. The van der Waals surface area contributed by atoms with Crippen LogP contribution in [0.15, 0.2) is 12.2 Å². The first-order valence-electron chi connectivity index (χ1n) is 13.9. The predicted molar refractivity (Wildman–Crippen MR) is 130 cm³/mol. The first kappa shape index (κ1) is 26.5. The van der Waals surface area contributed by atoms with Crippen LogP contribution in [0, 0.1) is 0 Å². The highest BCUT2D eigenvalue weighted by Gasteiger charge is 2.66. The van der Waals surface area contributed by atoms with Gasteiger partial charge in [-0.25, -0.2) is 4.79 Å². The Bertz CT molecular complexity index is 777. The molecule has 7 heteroatoms. The molecule has 4 fully saturated rings. The summed E-state index contributed by atoms with van der Waals surface area (Å²) in [6, 6.07) is 0. The molecule has 0 aromatic heterocycles. The maximum Gasteiger partial charge on any atom is 0.338 e. The van der Waals surface area contributed by atoms with Gasteiger partial charge in [-0.05, 0) is 25.7 Å². The number of epoxide rings is 1. The van der Waals surface area contributed by atoms with E-state index in [0.29, 0.717) is 12.8 Å². The molecule has 4 saturated heterocycles. The number of ketones is 2. The van der Waals surface area contributed by atoms with Crippen molar-refractivity contribution in [1.82, 2.24) is 0 Å². The summed E-state index contributed by atoms with van der Waals surface area (Å²) in [5.74, 6) is -1.28. The van der Waals surface area contributed by atoms with Gasteiger partial charge in [-0.1, -0.05) is 64.0 Å². The lowest BCUT2D eigenvalue weighted by molar-refractivity contribution is -0.263. The molecule has 0 aromatic rings. The molecule has 4 rings (SSSR count). The summed E-state index contributed by atoms with van der Waals surface area (Å²) >= 11 is 0. The molecule has 196 valence electrons. The first-order chi connectivity index (χ1) is 17.0. The second-order valence-electron chi connectivity index (χ2n) is 10.7. The smallest absolute Gasteiger partial charge is 0.338 e. The number of rotatable bonds is 15. The Labute approximate surface area is 209 Å². The van der Waals surface area contributed by atoms with E-state index in [1.165, 1.54) is 51.4 Å². The summed E-state index contributed by atoms with van der Waals surface area (Å²) in [5, 5.41) is 0. The van der Waals surface area contributed by atoms with Crippen molar-refractivity contribution in [1.29, 1.82) is 0 Å². The Hall–Kier alpha value is -1.57. The topological polar surface area (TPSA) is 91.4 Å². The van der Waals surface area contributed by atoms with Gasteiger partial charge in [-0.2, -0.15) is 0 Å². The molecule has 0 aliphatic carbocycles. The van der Waals surface area contributed by atoms with Crippen molar-refractivity contribution in [2.24, 2.45) is 0 Å². The molecule has 7 nitrogen and oxygen atoms in total. The lowest BCUT2D eigenvalue weighted by Gasteiger charge is -2.37. The molecular formula is C28H42O7. The van der Waals surface area contributed by atoms with Crippen molar-refractivity contribution in [2.75, 3.05) is 0 Å². The lowest BCUT2D eigenvalue weighted by atomic mass is 9.93. The van der Waals surface area contributed by atoms with Crippen LogP contribution in [-0.4, -0.2) is 53.8 Å². The molecule has 0 radical (unpaired) electrons. The van der Waals surface area contributed by atoms with Gasteiger partial charge in [-0.15, -0.1) is 0 Å². The highest BCUT2D eigenvalue weighted by Crippen LogP contribution is 2.48. The second-order valence-corrected chi connectivity index (χ2v) is 10.7. The second kappa shape index (κ2) is 12.6. The molecule has 0 N–H and O–H groups in total. The number of esters is 1. The van der Waals surface area contributed by atoms with E-state index < -0.39 is 24.1 Å². The molecule has 6 unspecified atom stereocenters. The zero-order chi connectivity index (χ0) is 24.7. The summed E-state index contributed by atoms with van der Waals surface area (Å²) in [6.45, 7) is 2.17. The molecule has 4 aliphatic heterocycles. The van der Waals surface area contributed by atoms with E-state index in [0.717, 1.165) is 19.3 Å². The van der Waals surface area contributed by atoms with Gasteiger partial charge < -0.3 is 18.9 Å². The van der Waals surface area contributed by atoms with Crippen LogP contribution in [0.5, 0.6) is 0 Å². The average Bonchev–Trinajstić information content (AvgIpc) is 3.54. The molecule has 4 aliphatic rings. The van der Waals surface area contributed by atoms with Crippen molar-refractivity contribution in [3.8, 4) is 0 Å². The molecule has 1 spiro atoms. The molecule has 4 heterocycles. The maximum absolute atomic E-state index is 12.5. The van der Waals surface area contributed by atoms with Crippen LogP contribution in [0.25, 0.3) is 0 Å². The number of allylic oxidation sites excluding steroid dienone is 2.